The average molecular weight is 273 g/mol. The molecule has 0 atom stereocenters. The summed E-state index contributed by atoms with van der Waals surface area (Å²) >= 11 is 3.38. The Morgan fingerprint density at radius 3 is 3.00 bits per heavy atom. The molecule has 3 rings (SSSR count). The van der Waals surface area contributed by atoms with E-state index in [4.69, 9.17) is 18.0 Å². The van der Waals surface area contributed by atoms with Gasteiger partial charge in [0.2, 0.25) is 5.71 Å². The van der Waals surface area contributed by atoms with Crippen molar-refractivity contribution >= 4 is 57.0 Å². The molecular weight excluding hydrogens is 267 g/mol. The predicted molar refractivity (Wildman–Crippen MR) is 69.0 cm³/mol. The van der Waals surface area contributed by atoms with E-state index in [9.17, 15) is 0 Å². The number of anilines is 1. The largest absolute Gasteiger partial charge is 0.436 e. The van der Waals surface area contributed by atoms with E-state index in [-0.39, 0.29) is 0 Å². The van der Waals surface area contributed by atoms with Gasteiger partial charge in [-0.25, -0.2) is 4.98 Å². The van der Waals surface area contributed by atoms with Gasteiger partial charge in [0.25, 0.3) is 0 Å². The molecular formula is C11H6BBrN2O. The van der Waals surface area contributed by atoms with E-state index < -0.39 is 0 Å². The lowest BCUT2D eigenvalue weighted by Crippen LogP contribution is -2.09. The van der Waals surface area contributed by atoms with Crippen LogP contribution in [-0.2, 0) is 0 Å². The first-order chi connectivity index (χ1) is 7.68. The van der Waals surface area contributed by atoms with E-state index >= 15 is 0 Å². The number of nitrogen functional groups attached to an aromatic ring is 1. The zero-order valence-electron chi connectivity index (χ0n) is 8.20. The summed E-state index contributed by atoms with van der Waals surface area (Å²) in [7, 11) is 5.82. The second kappa shape index (κ2) is 3.25. The summed E-state index contributed by atoms with van der Waals surface area (Å²) in [6, 6.07) is 5.61. The molecule has 0 aliphatic carbocycles. The zero-order chi connectivity index (χ0) is 11.3. The fraction of sp³-hybridized carbons (Fsp3) is 0. The first-order valence-electron chi connectivity index (χ1n) is 4.69. The van der Waals surface area contributed by atoms with Crippen LogP contribution in [0, 0.1) is 0 Å². The molecule has 16 heavy (non-hydrogen) atoms. The molecule has 0 aliphatic heterocycles. The van der Waals surface area contributed by atoms with Crippen LogP contribution in [-0.4, -0.2) is 12.8 Å². The number of aromatic nitrogens is 1. The van der Waals surface area contributed by atoms with Crippen LogP contribution >= 0.6 is 15.9 Å². The maximum Gasteiger partial charge on any atom is 0.227 e. The number of hydrogen-bond donors (Lipinski definition) is 1. The molecule has 3 aromatic rings. The minimum Gasteiger partial charge on any atom is -0.436 e. The Morgan fingerprint density at radius 2 is 2.19 bits per heavy atom. The molecule has 2 radical (unpaired) electrons. The topological polar surface area (TPSA) is 52.0 Å². The van der Waals surface area contributed by atoms with E-state index in [0.29, 0.717) is 26.9 Å². The molecule has 0 saturated heterocycles. The molecule has 0 saturated carbocycles. The van der Waals surface area contributed by atoms with Crippen molar-refractivity contribution in [1.82, 2.24) is 4.98 Å². The molecule has 2 aromatic heterocycles. The standard InChI is InChI=1S/C11H6BBrN2O/c12-7-4-6-5-2-1-3-15-11(5)16-10(6)8(13)9(7)14/h1-4H,14H2. The summed E-state index contributed by atoms with van der Waals surface area (Å²) in [5, 5.41) is 1.85. The lowest BCUT2D eigenvalue weighted by molar-refractivity contribution is 0.652. The van der Waals surface area contributed by atoms with Crippen molar-refractivity contribution in [3.63, 3.8) is 0 Å². The Morgan fingerprint density at radius 1 is 1.38 bits per heavy atom. The van der Waals surface area contributed by atoms with E-state index in [1.807, 2.05) is 18.2 Å². The molecule has 3 nitrogen and oxygen atoms in total. The van der Waals surface area contributed by atoms with E-state index in [0.717, 1.165) is 10.8 Å². The number of nitrogens with two attached hydrogens (primary N) is 1. The maximum absolute atomic E-state index is 5.82. The van der Waals surface area contributed by atoms with Gasteiger partial charge in [-0.3, -0.25) is 0 Å². The molecule has 0 spiro atoms. The Bertz CT molecular complexity index is 708. The highest BCUT2D eigenvalue weighted by molar-refractivity contribution is 9.10. The minimum atomic E-state index is 0.492. The molecule has 0 bridgehead atoms. The first kappa shape index (κ1) is 9.72. The third kappa shape index (κ3) is 1.18. The van der Waals surface area contributed by atoms with Gasteiger partial charge in [-0.15, -0.1) is 0 Å². The molecule has 76 valence electrons. The van der Waals surface area contributed by atoms with Crippen molar-refractivity contribution in [2.24, 2.45) is 0 Å². The highest BCUT2D eigenvalue weighted by Gasteiger charge is 2.13. The lowest BCUT2D eigenvalue weighted by atomic mass is 9.92. The summed E-state index contributed by atoms with van der Waals surface area (Å²) in [6.45, 7) is 0. The van der Waals surface area contributed by atoms with Gasteiger partial charge in [-0.2, -0.15) is 0 Å². The maximum atomic E-state index is 5.82. The SMILES string of the molecule is [B]c1cc2c(oc3ncccc32)c(Br)c1N. The number of halogens is 1. The Balaban J connectivity index is 2.60. The third-order valence-corrected chi connectivity index (χ3v) is 3.34. The number of furan rings is 1. The number of benzene rings is 1. The van der Waals surface area contributed by atoms with Gasteiger partial charge in [0.15, 0.2) is 5.58 Å². The quantitative estimate of drug-likeness (QED) is 0.504. The minimum absolute atomic E-state index is 0.492. The molecule has 2 heterocycles. The van der Waals surface area contributed by atoms with Crippen LogP contribution in [0.15, 0.2) is 33.3 Å². The van der Waals surface area contributed by atoms with Crippen LogP contribution in [0.25, 0.3) is 22.1 Å². The highest BCUT2D eigenvalue weighted by Crippen LogP contribution is 2.34. The fourth-order valence-corrected chi connectivity index (χ4v) is 2.26. The van der Waals surface area contributed by atoms with Crippen LogP contribution in [0.2, 0.25) is 0 Å². The van der Waals surface area contributed by atoms with Crippen LogP contribution in [0.1, 0.15) is 0 Å². The van der Waals surface area contributed by atoms with Crippen molar-refractivity contribution in [1.29, 1.82) is 0 Å². The van der Waals surface area contributed by atoms with Crippen molar-refractivity contribution in [2.45, 2.75) is 0 Å². The van der Waals surface area contributed by atoms with Crippen LogP contribution in [0.3, 0.4) is 0 Å². The molecule has 0 amide bonds. The van der Waals surface area contributed by atoms with Crippen LogP contribution < -0.4 is 11.2 Å². The molecule has 5 heteroatoms. The zero-order valence-corrected chi connectivity index (χ0v) is 9.78. The summed E-state index contributed by atoms with van der Waals surface area (Å²) in [4.78, 5) is 4.15. The number of nitrogens with zero attached hydrogens (tertiary/aromatic N) is 1. The second-order valence-corrected chi connectivity index (χ2v) is 4.32. The Labute approximate surface area is 101 Å². The van der Waals surface area contributed by atoms with Crippen LogP contribution in [0.4, 0.5) is 5.69 Å². The molecule has 1 aromatic carbocycles. The van der Waals surface area contributed by atoms with Crippen LogP contribution in [0.5, 0.6) is 0 Å². The number of hydrogen-bond acceptors (Lipinski definition) is 3. The van der Waals surface area contributed by atoms with E-state index in [1.54, 1.807) is 6.20 Å². The van der Waals surface area contributed by atoms with Crippen molar-refractivity contribution in [3.05, 3.63) is 28.9 Å². The fourth-order valence-electron chi connectivity index (χ4n) is 1.74. The number of pyridine rings is 1. The second-order valence-electron chi connectivity index (χ2n) is 3.53. The smallest absolute Gasteiger partial charge is 0.227 e. The monoisotopic (exact) mass is 272 g/mol. The van der Waals surface area contributed by atoms with Gasteiger partial charge in [0.05, 0.1) is 4.47 Å². The van der Waals surface area contributed by atoms with E-state index in [2.05, 4.69) is 20.9 Å². The Hall–Kier alpha value is -1.49. The van der Waals surface area contributed by atoms with Gasteiger partial charge in [-0.05, 0) is 28.1 Å². The summed E-state index contributed by atoms with van der Waals surface area (Å²) < 4.78 is 6.31. The Kier molecular flexibility index (Phi) is 1.98. The van der Waals surface area contributed by atoms with Gasteiger partial charge >= 0.3 is 0 Å². The highest BCUT2D eigenvalue weighted by atomic mass is 79.9. The molecule has 2 N–H and O–H groups in total. The number of fused-ring (bicyclic) bond motifs is 3. The van der Waals surface area contributed by atoms with Crippen molar-refractivity contribution in [3.8, 4) is 0 Å². The normalized spacial score (nSPS) is 11.3. The predicted octanol–water partition coefficient (Wildman–Crippen LogP) is 2.12. The summed E-state index contributed by atoms with van der Waals surface area (Å²) in [5.74, 6) is 0. The molecule has 0 fully saturated rings. The van der Waals surface area contributed by atoms with Gasteiger partial charge < -0.3 is 10.2 Å². The van der Waals surface area contributed by atoms with Crippen molar-refractivity contribution < 1.29 is 4.42 Å². The summed E-state index contributed by atoms with van der Waals surface area (Å²) in [6.07, 6.45) is 1.69. The van der Waals surface area contributed by atoms with Gasteiger partial charge in [-0.1, -0.05) is 11.5 Å². The van der Waals surface area contributed by atoms with Gasteiger partial charge in [0, 0.05) is 22.7 Å². The number of rotatable bonds is 0. The average Bonchev–Trinajstić information content (AvgIpc) is 2.65. The van der Waals surface area contributed by atoms with Crippen molar-refractivity contribution in [2.75, 3.05) is 5.73 Å². The third-order valence-electron chi connectivity index (χ3n) is 2.55. The molecule has 0 unspecified atom stereocenters. The van der Waals surface area contributed by atoms with Gasteiger partial charge in [0.1, 0.15) is 7.85 Å². The summed E-state index contributed by atoms with van der Waals surface area (Å²) in [5.41, 5.74) is 8.11. The van der Waals surface area contributed by atoms with E-state index in [1.165, 1.54) is 0 Å². The first-order valence-corrected chi connectivity index (χ1v) is 5.48. The lowest BCUT2D eigenvalue weighted by Gasteiger charge is -2.03. The molecule has 0 aliphatic rings.